The van der Waals surface area contributed by atoms with E-state index in [2.05, 4.69) is 0 Å². The van der Waals surface area contributed by atoms with Crippen molar-refractivity contribution < 1.29 is 19.1 Å². The molecular formula is C16H20O4. The average Bonchev–Trinajstić information content (AvgIpc) is 2.36. The van der Waals surface area contributed by atoms with Gasteiger partial charge in [0.05, 0.1) is 6.61 Å². The van der Waals surface area contributed by atoms with E-state index in [9.17, 15) is 9.59 Å². The van der Waals surface area contributed by atoms with Crippen molar-refractivity contribution in [2.45, 2.75) is 39.7 Å². The molecule has 1 aliphatic heterocycles. The van der Waals surface area contributed by atoms with Crippen molar-refractivity contribution in [2.75, 3.05) is 6.61 Å². The fraction of sp³-hybridized carbons (Fsp3) is 0.500. The predicted octanol–water partition coefficient (Wildman–Crippen LogP) is 2.54. The lowest BCUT2D eigenvalue weighted by Crippen LogP contribution is -2.61. The van der Waals surface area contributed by atoms with E-state index in [-0.39, 0.29) is 12.4 Å². The van der Waals surface area contributed by atoms with Gasteiger partial charge >= 0.3 is 5.97 Å². The third-order valence-electron chi connectivity index (χ3n) is 4.05. The van der Waals surface area contributed by atoms with Gasteiger partial charge in [-0.2, -0.15) is 0 Å². The summed E-state index contributed by atoms with van der Waals surface area (Å²) in [5.74, 6) is -0.0128. The van der Waals surface area contributed by atoms with Crippen molar-refractivity contribution in [3.8, 4) is 5.75 Å². The standard InChI is InChI=1S/C16H20O4/c1-5-19-14(18)16(11(2)17)10-12-8-6-7-9-13(12)20-15(16,3)4/h6-9H,5,10H2,1-4H3. The van der Waals surface area contributed by atoms with Gasteiger partial charge < -0.3 is 9.47 Å². The molecule has 4 nitrogen and oxygen atoms in total. The molecule has 1 aromatic rings. The van der Waals surface area contributed by atoms with Gasteiger partial charge in [0.25, 0.3) is 0 Å². The zero-order valence-electron chi connectivity index (χ0n) is 12.4. The van der Waals surface area contributed by atoms with Crippen LogP contribution in [0.15, 0.2) is 24.3 Å². The smallest absolute Gasteiger partial charge is 0.324 e. The number of carbonyl (C=O) groups is 2. The fourth-order valence-electron chi connectivity index (χ4n) is 2.87. The number of ketones is 1. The van der Waals surface area contributed by atoms with E-state index < -0.39 is 17.0 Å². The summed E-state index contributed by atoms with van der Waals surface area (Å²) in [4.78, 5) is 24.7. The molecule has 1 unspecified atom stereocenters. The molecule has 1 atom stereocenters. The number of carbonyl (C=O) groups excluding carboxylic acids is 2. The molecule has 0 fully saturated rings. The second-order valence-electron chi connectivity index (χ2n) is 5.58. The molecule has 1 heterocycles. The maximum Gasteiger partial charge on any atom is 0.324 e. The van der Waals surface area contributed by atoms with Crippen LogP contribution in [0.4, 0.5) is 0 Å². The van der Waals surface area contributed by atoms with Crippen LogP contribution in [0.2, 0.25) is 0 Å². The minimum absolute atomic E-state index is 0.226. The highest BCUT2D eigenvalue weighted by Crippen LogP contribution is 2.46. The maximum absolute atomic E-state index is 12.5. The number of esters is 1. The minimum Gasteiger partial charge on any atom is -0.486 e. The number of benzene rings is 1. The molecule has 0 aromatic heterocycles. The van der Waals surface area contributed by atoms with E-state index in [4.69, 9.17) is 9.47 Å². The Morgan fingerprint density at radius 1 is 1.30 bits per heavy atom. The van der Waals surface area contributed by atoms with Gasteiger partial charge in [-0.3, -0.25) is 9.59 Å². The third-order valence-corrected chi connectivity index (χ3v) is 4.05. The van der Waals surface area contributed by atoms with E-state index >= 15 is 0 Å². The average molecular weight is 276 g/mol. The summed E-state index contributed by atoms with van der Waals surface area (Å²) in [6.07, 6.45) is 0.310. The van der Waals surface area contributed by atoms with Gasteiger partial charge in [0.2, 0.25) is 0 Å². The second kappa shape index (κ2) is 4.93. The molecule has 0 saturated heterocycles. The van der Waals surface area contributed by atoms with Crippen molar-refractivity contribution in [3.63, 3.8) is 0 Å². The van der Waals surface area contributed by atoms with Crippen LogP contribution in [0.3, 0.4) is 0 Å². The van der Waals surface area contributed by atoms with Crippen molar-refractivity contribution in [1.29, 1.82) is 0 Å². The lowest BCUT2D eigenvalue weighted by atomic mass is 9.65. The van der Waals surface area contributed by atoms with Gasteiger partial charge in [0.1, 0.15) is 11.4 Å². The molecule has 0 amide bonds. The van der Waals surface area contributed by atoms with E-state index in [0.717, 1.165) is 11.3 Å². The molecule has 0 N–H and O–H groups in total. The molecule has 0 spiro atoms. The van der Waals surface area contributed by atoms with Crippen LogP contribution in [0.25, 0.3) is 0 Å². The Morgan fingerprint density at radius 2 is 1.95 bits per heavy atom. The fourth-order valence-corrected chi connectivity index (χ4v) is 2.87. The Labute approximate surface area is 119 Å². The van der Waals surface area contributed by atoms with Crippen LogP contribution >= 0.6 is 0 Å². The summed E-state index contributed by atoms with van der Waals surface area (Å²) in [6.45, 7) is 6.93. The Hall–Kier alpha value is -1.84. The van der Waals surface area contributed by atoms with Crippen LogP contribution in [0.5, 0.6) is 5.75 Å². The van der Waals surface area contributed by atoms with Crippen LogP contribution < -0.4 is 4.74 Å². The number of Topliss-reactive ketones (excluding diaryl/α,β-unsaturated/α-hetero) is 1. The van der Waals surface area contributed by atoms with Gasteiger partial charge in [-0.25, -0.2) is 0 Å². The number of hydrogen-bond donors (Lipinski definition) is 0. The lowest BCUT2D eigenvalue weighted by Gasteiger charge is -2.46. The molecule has 1 aliphatic rings. The summed E-state index contributed by atoms with van der Waals surface area (Å²) in [5, 5.41) is 0. The van der Waals surface area contributed by atoms with E-state index in [0.29, 0.717) is 6.42 Å². The van der Waals surface area contributed by atoms with Crippen LogP contribution in [-0.2, 0) is 20.7 Å². The summed E-state index contributed by atoms with van der Waals surface area (Å²) >= 11 is 0. The summed E-state index contributed by atoms with van der Waals surface area (Å²) < 4.78 is 11.1. The molecule has 0 radical (unpaired) electrons. The zero-order chi connectivity index (χ0) is 15.0. The molecule has 108 valence electrons. The zero-order valence-corrected chi connectivity index (χ0v) is 12.4. The molecule has 2 rings (SSSR count). The van der Waals surface area contributed by atoms with Gasteiger partial charge in [0.15, 0.2) is 11.2 Å². The first-order valence-electron chi connectivity index (χ1n) is 6.80. The second-order valence-corrected chi connectivity index (χ2v) is 5.58. The van der Waals surface area contributed by atoms with Crippen LogP contribution in [0.1, 0.15) is 33.3 Å². The predicted molar refractivity (Wildman–Crippen MR) is 74.6 cm³/mol. The molecular weight excluding hydrogens is 256 g/mol. The minimum atomic E-state index is -1.29. The number of fused-ring (bicyclic) bond motifs is 1. The number of para-hydroxylation sites is 1. The summed E-state index contributed by atoms with van der Waals surface area (Å²) in [7, 11) is 0. The highest BCUT2D eigenvalue weighted by atomic mass is 16.5. The molecule has 0 bridgehead atoms. The van der Waals surface area contributed by atoms with Crippen molar-refractivity contribution in [3.05, 3.63) is 29.8 Å². The van der Waals surface area contributed by atoms with Gasteiger partial charge in [0, 0.05) is 6.42 Å². The van der Waals surface area contributed by atoms with Crippen molar-refractivity contribution in [1.82, 2.24) is 0 Å². The lowest BCUT2D eigenvalue weighted by molar-refractivity contribution is -0.175. The van der Waals surface area contributed by atoms with E-state index in [1.807, 2.05) is 24.3 Å². The first-order valence-corrected chi connectivity index (χ1v) is 6.80. The van der Waals surface area contributed by atoms with Gasteiger partial charge in [-0.15, -0.1) is 0 Å². The largest absolute Gasteiger partial charge is 0.486 e. The highest BCUT2D eigenvalue weighted by Gasteiger charge is 2.60. The molecule has 1 aromatic carbocycles. The van der Waals surface area contributed by atoms with E-state index in [1.165, 1.54) is 6.92 Å². The van der Waals surface area contributed by atoms with Crippen molar-refractivity contribution >= 4 is 11.8 Å². The number of ether oxygens (including phenoxy) is 2. The topological polar surface area (TPSA) is 52.6 Å². The summed E-state index contributed by atoms with van der Waals surface area (Å²) in [6, 6.07) is 7.48. The molecule has 0 aliphatic carbocycles. The number of rotatable bonds is 3. The Balaban J connectivity index is 2.57. The summed E-state index contributed by atoms with van der Waals surface area (Å²) in [5.41, 5.74) is -1.38. The highest BCUT2D eigenvalue weighted by molar-refractivity contribution is 6.04. The van der Waals surface area contributed by atoms with Crippen LogP contribution in [-0.4, -0.2) is 24.0 Å². The SMILES string of the molecule is CCOC(=O)C1(C(C)=O)Cc2ccccc2OC1(C)C. The first kappa shape index (κ1) is 14.6. The van der Waals surface area contributed by atoms with Gasteiger partial charge in [-0.05, 0) is 39.3 Å². The van der Waals surface area contributed by atoms with E-state index in [1.54, 1.807) is 20.8 Å². The number of hydrogen-bond acceptors (Lipinski definition) is 4. The van der Waals surface area contributed by atoms with Gasteiger partial charge in [-0.1, -0.05) is 18.2 Å². The van der Waals surface area contributed by atoms with Crippen LogP contribution in [0, 0.1) is 5.41 Å². The normalized spacial score (nSPS) is 23.4. The Bertz CT molecular complexity index is 547. The quantitative estimate of drug-likeness (QED) is 0.629. The molecule has 4 heteroatoms. The third kappa shape index (κ3) is 1.99. The van der Waals surface area contributed by atoms with Crippen molar-refractivity contribution in [2.24, 2.45) is 5.41 Å². The Kier molecular flexibility index (Phi) is 3.59. The monoisotopic (exact) mass is 276 g/mol. The molecule has 20 heavy (non-hydrogen) atoms. The first-order chi connectivity index (χ1) is 9.35. The maximum atomic E-state index is 12.5. The molecule has 0 saturated carbocycles. The Morgan fingerprint density at radius 3 is 2.55 bits per heavy atom.